The molecule has 1 aliphatic heterocycles. The molecule has 1 saturated heterocycles. The van der Waals surface area contributed by atoms with Crippen LogP contribution in [0.2, 0.25) is 0 Å². The lowest BCUT2D eigenvalue weighted by atomic mass is 10.1. The van der Waals surface area contributed by atoms with Crippen LogP contribution in [-0.4, -0.2) is 18.3 Å². The van der Waals surface area contributed by atoms with E-state index < -0.39 is 0 Å². The van der Waals surface area contributed by atoms with Crippen LogP contribution < -0.4 is 10.4 Å². The van der Waals surface area contributed by atoms with Gasteiger partial charge in [-0.05, 0) is 43.9 Å². The van der Waals surface area contributed by atoms with Gasteiger partial charge in [0.25, 0.3) is 0 Å². The van der Waals surface area contributed by atoms with E-state index in [0.717, 1.165) is 5.56 Å². The van der Waals surface area contributed by atoms with Crippen molar-refractivity contribution in [2.24, 2.45) is 0 Å². The molecule has 3 nitrogen and oxygen atoms in total. The Kier molecular flexibility index (Phi) is 3.80. The molecule has 0 aliphatic carbocycles. The lowest BCUT2D eigenvalue weighted by Crippen LogP contribution is -2.29. The minimum absolute atomic E-state index is 0.00425. The van der Waals surface area contributed by atoms with Crippen molar-refractivity contribution in [2.75, 3.05) is 18.0 Å². The van der Waals surface area contributed by atoms with Crippen molar-refractivity contribution in [1.82, 2.24) is 5.48 Å². The molecule has 0 saturated carbocycles. The minimum atomic E-state index is -0.00425. The van der Waals surface area contributed by atoms with E-state index in [2.05, 4.69) is 34.6 Å². The lowest BCUT2D eigenvalue weighted by molar-refractivity contribution is 0.133. The molecule has 0 spiro atoms. The number of hydroxylamine groups is 1. The number of hydrogen-bond donors (Lipinski definition) is 2. The zero-order valence-electron chi connectivity index (χ0n) is 9.82. The third-order valence-corrected chi connectivity index (χ3v) is 3.31. The van der Waals surface area contributed by atoms with Crippen molar-refractivity contribution >= 4 is 5.69 Å². The first-order valence-electron chi connectivity index (χ1n) is 6.06. The molecular weight excluding hydrogens is 200 g/mol. The average Bonchev–Trinajstić information content (AvgIpc) is 2.39. The Balaban J connectivity index is 2.06. The molecule has 0 radical (unpaired) electrons. The summed E-state index contributed by atoms with van der Waals surface area (Å²) >= 11 is 0. The Labute approximate surface area is 97.0 Å². The maximum absolute atomic E-state index is 8.85. The molecule has 0 bridgehead atoms. The predicted molar refractivity (Wildman–Crippen MR) is 65.8 cm³/mol. The van der Waals surface area contributed by atoms with E-state index >= 15 is 0 Å². The fourth-order valence-corrected chi connectivity index (χ4v) is 2.20. The summed E-state index contributed by atoms with van der Waals surface area (Å²) in [5.41, 5.74) is 4.68. The summed E-state index contributed by atoms with van der Waals surface area (Å²) in [5.74, 6) is 0. The van der Waals surface area contributed by atoms with E-state index in [1.807, 2.05) is 6.92 Å². The van der Waals surface area contributed by atoms with E-state index in [4.69, 9.17) is 5.21 Å². The van der Waals surface area contributed by atoms with Crippen LogP contribution in [0.25, 0.3) is 0 Å². The Morgan fingerprint density at radius 1 is 1.12 bits per heavy atom. The normalized spacial score (nSPS) is 18.5. The highest BCUT2D eigenvalue weighted by atomic mass is 16.5. The van der Waals surface area contributed by atoms with Gasteiger partial charge in [-0.2, -0.15) is 5.48 Å². The molecule has 1 aromatic carbocycles. The summed E-state index contributed by atoms with van der Waals surface area (Å²) in [6.07, 6.45) is 3.97. The maximum Gasteiger partial charge on any atom is 0.0540 e. The third-order valence-electron chi connectivity index (χ3n) is 3.31. The predicted octanol–water partition coefficient (Wildman–Crippen LogP) is 2.72. The largest absolute Gasteiger partial charge is 0.372 e. The van der Waals surface area contributed by atoms with Gasteiger partial charge >= 0.3 is 0 Å². The Morgan fingerprint density at radius 2 is 1.75 bits per heavy atom. The van der Waals surface area contributed by atoms with Gasteiger partial charge < -0.3 is 10.1 Å². The van der Waals surface area contributed by atoms with Crippen LogP contribution in [-0.2, 0) is 0 Å². The zero-order chi connectivity index (χ0) is 11.4. The van der Waals surface area contributed by atoms with Crippen molar-refractivity contribution in [3.63, 3.8) is 0 Å². The second-order valence-electron chi connectivity index (χ2n) is 4.49. The van der Waals surface area contributed by atoms with Crippen LogP contribution in [0, 0.1) is 0 Å². The van der Waals surface area contributed by atoms with Gasteiger partial charge in [-0.1, -0.05) is 12.1 Å². The molecule has 1 heterocycles. The summed E-state index contributed by atoms with van der Waals surface area (Å²) in [4.78, 5) is 2.43. The minimum Gasteiger partial charge on any atom is -0.372 e. The molecule has 88 valence electrons. The van der Waals surface area contributed by atoms with E-state index in [9.17, 15) is 0 Å². The molecule has 2 rings (SSSR count). The van der Waals surface area contributed by atoms with Gasteiger partial charge in [0.05, 0.1) is 6.04 Å². The molecule has 2 N–H and O–H groups in total. The van der Waals surface area contributed by atoms with Gasteiger partial charge in [0.1, 0.15) is 0 Å². The van der Waals surface area contributed by atoms with Crippen LogP contribution in [0.3, 0.4) is 0 Å². The van der Waals surface area contributed by atoms with Gasteiger partial charge in [0.2, 0.25) is 0 Å². The van der Waals surface area contributed by atoms with Crippen molar-refractivity contribution in [3.8, 4) is 0 Å². The van der Waals surface area contributed by atoms with Crippen LogP contribution >= 0.6 is 0 Å². The van der Waals surface area contributed by atoms with E-state index in [1.165, 1.54) is 38.0 Å². The Hall–Kier alpha value is -1.06. The molecular formula is C13H20N2O. The molecule has 0 aromatic heterocycles. The van der Waals surface area contributed by atoms with Crippen LogP contribution in [0.5, 0.6) is 0 Å². The van der Waals surface area contributed by atoms with Crippen molar-refractivity contribution in [2.45, 2.75) is 32.2 Å². The van der Waals surface area contributed by atoms with Gasteiger partial charge in [0.15, 0.2) is 0 Å². The summed E-state index contributed by atoms with van der Waals surface area (Å²) in [7, 11) is 0. The Bertz CT molecular complexity index is 317. The highest BCUT2D eigenvalue weighted by Gasteiger charge is 2.11. The zero-order valence-corrected chi connectivity index (χ0v) is 9.82. The van der Waals surface area contributed by atoms with Crippen LogP contribution in [0.4, 0.5) is 5.69 Å². The van der Waals surface area contributed by atoms with Crippen LogP contribution in [0.15, 0.2) is 24.3 Å². The number of piperidine rings is 1. The molecule has 16 heavy (non-hydrogen) atoms. The second kappa shape index (κ2) is 5.32. The van der Waals surface area contributed by atoms with E-state index in [0.29, 0.717) is 0 Å². The van der Waals surface area contributed by atoms with Crippen molar-refractivity contribution in [3.05, 3.63) is 29.8 Å². The molecule has 0 amide bonds. The van der Waals surface area contributed by atoms with Crippen LogP contribution in [0.1, 0.15) is 37.8 Å². The molecule has 1 aromatic rings. The van der Waals surface area contributed by atoms with Crippen molar-refractivity contribution in [1.29, 1.82) is 0 Å². The van der Waals surface area contributed by atoms with E-state index in [-0.39, 0.29) is 6.04 Å². The number of anilines is 1. The lowest BCUT2D eigenvalue weighted by Gasteiger charge is -2.29. The van der Waals surface area contributed by atoms with Gasteiger partial charge in [-0.15, -0.1) is 0 Å². The van der Waals surface area contributed by atoms with Gasteiger partial charge in [0, 0.05) is 18.8 Å². The summed E-state index contributed by atoms with van der Waals surface area (Å²) in [5, 5.41) is 8.85. The molecule has 1 unspecified atom stereocenters. The number of benzene rings is 1. The summed E-state index contributed by atoms with van der Waals surface area (Å²) < 4.78 is 0. The third kappa shape index (κ3) is 2.54. The first-order chi connectivity index (χ1) is 7.81. The van der Waals surface area contributed by atoms with Crippen molar-refractivity contribution < 1.29 is 5.21 Å². The number of nitrogens with one attached hydrogen (secondary N) is 1. The second-order valence-corrected chi connectivity index (χ2v) is 4.49. The monoisotopic (exact) mass is 220 g/mol. The number of hydrogen-bond acceptors (Lipinski definition) is 3. The quantitative estimate of drug-likeness (QED) is 0.769. The molecule has 1 atom stereocenters. The summed E-state index contributed by atoms with van der Waals surface area (Å²) in [6, 6.07) is 8.45. The summed E-state index contributed by atoms with van der Waals surface area (Å²) in [6.45, 7) is 4.29. The molecule has 1 aliphatic rings. The standard InChI is InChI=1S/C13H20N2O/c1-11(14-16)12-5-7-13(8-6-12)15-9-3-2-4-10-15/h5-8,11,14,16H,2-4,9-10H2,1H3. The number of nitrogens with zero attached hydrogens (tertiary/aromatic N) is 1. The first-order valence-corrected chi connectivity index (χ1v) is 6.06. The highest BCUT2D eigenvalue weighted by Crippen LogP contribution is 2.22. The van der Waals surface area contributed by atoms with Gasteiger partial charge in [-0.3, -0.25) is 0 Å². The fraction of sp³-hybridized carbons (Fsp3) is 0.538. The maximum atomic E-state index is 8.85. The number of rotatable bonds is 3. The van der Waals surface area contributed by atoms with Gasteiger partial charge in [-0.25, -0.2) is 0 Å². The fourth-order valence-electron chi connectivity index (χ4n) is 2.20. The topological polar surface area (TPSA) is 35.5 Å². The average molecular weight is 220 g/mol. The van der Waals surface area contributed by atoms with E-state index in [1.54, 1.807) is 0 Å². The molecule has 1 fully saturated rings. The highest BCUT2D eigenvalue weighted by molar-refractivity contribution is 5.48. The SMILES string of the molecule is CC(NO)c1ccc(N2CCCCC2)cc1. The first kappa shape index (κ1) is 11.4. The Morgan fingerprint density at radius 3 is 2.31 bits per heavy atom. The smallest absolute Gasteiger partial charge is 0.0540 e. The molecule has 3 heteroatoms.